The van der Waals surface area contributed by atoms with Crippen molar-refractivity contribution in [2.45, 2.75) is 19.3 Å². The van der Waals surface area contributed by atoms with E-state index in [-0.39, 0.29) is 28.2 Å². The van der Waals surface area contributed by atoms with Gasteiger partial charge < -0.3 is 19.4 Å². The van der Waals surface area contributed by atoms with Crippen LogP contribution in [0.2, 0.25) is 5.02 Å². The van der Waals surface area contributed by atoms with Crippen LogP contribution in [0.15, 0.2) is 22.1 Å². The van der Waals surface area contributed by atoms with Gasteiger partial charge in [-0.25, -0.2) is 4.98 Å². The first-order valence-electron chi connectivity index (χ1n) is 8.09. The van der Waals surface area contributed by atoms with Crippen molar-refractivity contribution < 1.29 is 22.3 Å². The smallest absolute Gasteiger partial charge is 0.422 e. The second-order valence-electron chi connectivity index (χ2n) is 6.10. The summed E-state index contributed by atoms with van der Waals surface area (Å²) in [6, 6.07) is 1.78. The molecule has 1 N–H and O–H groups in total. The fourth-order valence-corrected chi connectivity index (χ4v) is 3.87. The zero-order valence-electron chi connectivity index (χ0n) is 14.0. The van der Waals surface area contributed by atoms with E-state index < -0.39 is 12.1 Å². The summed E-state index contributed by atoms with van der Waals surface area (Å²) in [5, 5.41) is 5.40. The zero-order valence-corrected chi connectivity index (χ0v) is 15.6. The standard InChI is InChI=1S/C16H14ClF3N4O2S/c1-8-7-24(4-2-21-8)15-23-11-12(25-15)9(14-22-3-5-27-14)6-10(17)13(11)26-16(18,19)20/h3,5-6,8,21H,2,4,7H2,1H3/t8-/m1/s1. The minimum Gasteiger partial charge on any atom is -0.422 e. The lowest BCUT2D eigenvalue weighted by Gasteiger charge is -2.30. The predicted octanol–water partition coefficient (Wildman–Crippen LogP) is 4.30. The first-order valence-corrected chi connectivity index (χ1v) is 9.34. The maximum Gasteiger partial charge on any atom is 0.573 e. The van der Waals surface area contributed by atoms with Crippen molar-refractivity contribution in [1.29, 1.82) is 0 Å². The quantitative estimate of drug-likeness (QED) is 0.684. The third-order valence-electron chi connectivity index (χ3n) is 4.08. The van der Waals surface area contributed by atoms with Crippen LogP contribution in [0.4, 0.5) is 19.2 Å². The Balaban J connectivity index is 1.88. The van der Waals surface area contributed by atoms with Gasteiger partial charge in [-0.1, -0.05) is 11.6 Å². The Morgan fingerprint density at radius 2 is 2.26 bits per heavy atom. The summed E-state index contributed by atoms with van der Waals surface area (Å²) in [7, 11) is 0. The Bertz CT molecular complexity index is 961. The van der Waals surface area contributed by atoms with E-state index in [1.54, 1.807) is 11.6 Å². The summed E-state index contributed by atoms with van der Waals surface area (Å²) >= 11 is 7.42. The number of benzene rings is 1. The Kier molecular flexibility index (Phi) is 4.65. The molecule has 3 heterocycles. The Hall–Kier alpha value is -2.04. The number of nitrogens with zero attached hydrogens (tertiary/aromatic N) is 3. The van der Waals surface area contributed by atoms with E-state index in [1.807, 2.05) is 11.8 Å². The first kappa shape index (κ1) is 18.3. The average Bonchev–Trinajstić information content (AvgIpc) is 3.26. The number of oxazole rings is 1. The monoisotopic (exact) mass is 418 g/mol. The number of alkyl halides is 3. The van der Waals surface area contributed by atoms with E-state index in [9.17, 15) is 13.2 Å². The number of ether oxygens (including phenoxy) is 1. The third-order valence-corrected chi connectivity index (χ3v) is 5.17. The number of halogens is 4. The van der Waals surface area contributed by atoms with Crippen molar-refractivity contribution in [3.63, 3.8) is 0 Å². The number of anilines is 1. The van der Waals surface area contributed by atoms with Gasteiger partial charge in [-0.2, -0.15) is 4.98 Å². The molecule has 4 rings (SSSR count). The lowest BCUT2D eigenvalue weighted by molar-refractivity contribution is -0.274. The Labute approximate surface area is 160 Å². The molecule has 0 saturated carbocycles. The van der Waals surface area contributed by atoms with Crippen molar-refractivity contribution in [3.8, 4) is 16.3 Å². The fourth-order valence-electron chi connectivity index (χ4n) is 2.99. The molecule has 0 spiro atoms. The van der Waals surface area contributed by atoms with E-state index in [2.05, 4.69) is 20.0 Å². The lowest BCUT2D eigenvalue weighted by atomic mass is 10.2. The number of hydrogen-bond acceptors (Lipinski definition) is 7. The molecule has 11 heteroatoms. The molecule has 0 aliphatic carbocycles. The van der Waals surface area contributed by atoms with Gasteiger partial charge in [0.15, 0.2) is 16.8 Å². The number of thiazole rings is 1. The van der Waals surface area contributed by atoms with Crippen molar-refractivity contribution in [2.75, 3.05) is 24.5 Å². The summed E-state index contributed by atoms with van der Waals surface area (Å²) in [6.07, 6.45) is -3.31. The average molecular weight is 419 g/mol. The molecule has 2 aromatic heterocycles. The summed E-state index contributed by atoms with van der Waals surface area (Å²) in [6.45, 7) is 3.95. The first-order chi connectivity index (χ1) is 12.8. The van der Waals surface area contributed by atoms with Crippen LogP contribution < -0.4 is 15.0 Å². The molecule has 1 atom stereocenters. The molecule has 1 aliphatic rings. The molecule has 1 aliphatic heterocycles. The second kappa shape index (κ2) is 6.84. The molecular weight excluding hydrogens is 405 g/mol. The lowest BCUT2D eigenvalue weighted by Crippen LogP contribution is -2.49. The van der Waals surface area contributed by atoms with Crippen molar-refractivity contribution >= 4 is 40.1 Å². The van der Waals surface area contributed by atoms with Crippen LogP contribution >= 0.6 is 22.9 Å². The number of nitrogens with one attached hydrogen (secondary N) is 1. The number of rotatable bonds is 3. The van der Waals surface area contributed by atoms with Crippen LogP contribution in [0.1, 0.15) is 6.92 Å². The molecule has 1 saturated heterocycles. The molecular formula is C16H14ClF3N4O2S. The van der Waals surface area contributed by atoms with E-state index in [4.69, 9.17) is 16.0 Å². The van der Waals surface area contributed by atoms with Crippen molar-refractivity contribution in [2.24, 2.45) is 0 Å². The fraction of sp³-hybridized carbons (Fsp3) is 0.375. The third kappa shape index (κ3) is 3.69. The number of piperazine rings is 1. The minimum absolute atomic E-state index is 0.0776. The van der Waals surface area contributed by atoms with Crippen molar-refractivity contribution in [1.82, 2.24) is 15.3 Å². The van der Waals surface area contributed by atoms with Gasteiger partial charge in [0.25, 0.3) is 6.01 Å². The predicted molar refractivity (Wildman–Crippen MR) is 96.5 cm³/mol. The molecule has 27 heavy (non-hydrogen) atoms. The van der Waals surface area contributed by atoms with Gasteiger partial charge in [-0.15, -0.1) is 24.5 Å². The summed E-state index contributed by atoms with van der Waals surface area (Å²) < 4.78 is 48.6. The van der Waals surface area contributed by atoms with Crippen molar-refractivity contribution in [3.05, 3.63) is 22.7 Å². The summed E-state index contributed by atoms with van der Waals surface area (Å²) in [5.74, 6) is -0.572. The maximum atomic E-state index is 12.9. The van der Waals surface area contributed by atoms with Crippen LogP contribution in [0, 0.1) is 0 Å². The Morgan fingerprint density at radius 3 is 2.93 bits per heavy atom. The molecule has 1 fully saturated rings. The van der Waals surface area contributed by atoms with Crippen LogP contribution in [-0.2, 0) is 0 Å². The van der Waals surface area contributed by atoms with E-state index in [0.717, 1.165) is 0 Å². The molecule has 1 aromatic carbocycles. The Morgan fingerprint density at radius 1 is 1.44 bits per heavy atom. The summed E-state index contributed by atoms with van der Waals surface area (Å²) in [5.41, 5.74) is 0.558. The van der Waals surface area contributed by atoms with Gasteiger partial charge in [0.2, 0.25) is 0 Å². The molecule has 0 amide bonds. The molecule has 144 valence electrons. The number of fused-ring (bicyclic) bond motifs is 1. The van der Waals surface area contributed by atoms with Crippen LogP contribution in [0.25, 0.3) is 21.7 Å². The highest BCUT2D eigenvalue weighted by molar-refractivity contribution is 7.13. The molecule has 0 bridgehead atoms. The van der Waals surface area contributed by atoms with Crippen LogP contribution in [0.3, 0.4) is 0 Å². The SMILES string of the molecule is C[C@@H]1CN(c2nc3c(OC(F)(F)F)c(Cl)cc(-c4nccs4)c3o2)CCN1. The van der Waals surface area contributed by atoms with E-state index in [0.29, 0.717) is 30.2 Å². The maximum absolute atomic E-state index is 12.9. The van der Waals surface area contributed by atoms with Gasteiger partial charge in [0.1, 0.15) is 5.01 Å². The van der Waals surface area contributed by atoms with Crippen LogP contribution in [0.5, 0.6) is 5.75 Å². The van der Waals surface area contributed by atoms with Gasteiger partial charge in [0.05, 0.1) is 10.6 Å². The van der Waals surface area contributed by atoms with Crippen LogP contribution in [-0.4, -0.2) is 42.0 Å². The molecule has 0 unspecified atom stereocenters. The number of aromatic nitrogens is 2. The molecule has 3 aromatic rings. The normalized spacial score (nSPS) is 18.3. The zero-order chi connectivity index (χ0) is 19.2. The van der Waals surface area contributed by atoms with Gasteiger partial charge in [0, 0.05) is 37.3 Å². The number of hydrogen-bond donors (Lipinski definition) is 1. The topological polar surface area (TPSA) is 63.4 Å². The summed E-state index contributed by atoms with van der Waals surface area (Å²) in [4.78, 5) is 10.4. The molecule has 0 radical (unpaired) electrons. The highest BCUT2D eigenvalue weighted by Gasteiger charge is 2.35. The van der Waals surface area contributed by atoms with Gasteiger partial charge in [-0.05, 0) is 13.0 Å². The largest absolute Gasteiger partial charge is 0.573 e. The van der Waals surface area contributed by atoms with Gasteiger partial charge >= 0.3 is 6.36 Å². The second-order valence-corrected chi connectivity index (χ2v) is 7.40. The highest BCUT2D eigenvalue weighted by atomic mass is 35.5. The minimum atomic E-state index is -4.90. The van der Waals surface area contributed by atoms with E-state index >= 15 is 0 Å². The van der Waals surface area contributed by atoms with E-state index in [1.165, 1.54) is 17.4 Å². The van der Waals surface area contributed by atoms with Gasteiger partial charge in [-0.3, -0.25) is 0 Å². The highest BCUT2D eigenvalue weighted by Crippen LogP contribution is 2.44. The molecule has 6 nitrogen and oxygen atoms in total.